The molecule has 1 N–H and O–H groups in total. The molecule has 1 saturated heterocycles. The van der Waals surface area contributed by atoms with Crippen molar-refractivity contribution >= 4 is 11.8 Å². The first-order chi connectivity index (χ1) is 8.70. The molecule has 2 saturated carbocycles. The third kappa shape index (κ3) is 1.87. The van der Waals surface area contributed by atoms with Crippen molar-refractivity contribution in [3.63, 3.8) is 0 Å². The molecule has 0 spiro atoms. The van der Waals surface area contributed by atoms with Crippen LogP contribution in [0.1, 0.15) is 44.9 Å². The number of nitrogens with one attached hydrogen (secondary N) is 1. The predicted molar refractivity (Wildman–Crippen MR) is 67.8 cm³/mol. The van der Waals surface area contributed by atoms with E-state index >= 15 is 0 Å². The first-order valence-electron chi connectivity index (χ1n) is 7.25. The van der Waals surface area contributed by atoms with Gasteiger partial charge in [-0.2, -0.15) is 0 Å². The maximum absolute atomic E-state index is 12.3. The van der Waals surface area contributed by atoms with Crippen LogP contribution >= 0.6 is 0 Å². The van der Waals surface area contributed by atoms with Gasteiger partial charge in [0.15, 0.2) is 0 Å². The molecule has 1 heterocycles. The first-order valence-corrected chi connectivity index (χ1v) is 7.25. The summed E-state index contributed by atoms with van der Waals surface area (Å²) < 4.78 is 0. The van der Waals surface area contributed by atoms with Crippen LogP contribution in [0.15, 0.2) is 0 Å². The molecule has 2 bridgehead atoms. The molecule has 4 nitrogen and oxygen atoms in total. The lowest BCUT2D eigenvalue weighted by Crippen LogP contribution is -2.53. The Hall–Kier alpha value is -0.900. The zero-order valence-corrected chi connectivity index (χ0v) is 11.0. The van der Waals surface area contributed by atoms with Crippen LogP contribution < -0.4 is 5.32 Å². The Morgan fingerprint density at radius 1 is 0.944 bits per heavy atom. The number of carbonyl (C=O) groups excluding carboxylic acids is 2. The van der Waals surface area contributed by atoms with Crippen LogP contribution in [0, 0.1) is 11.8 Å². The largest absolute Gasteiger partial charge is 0.317 e. The monoisotopic (exact) mass is 250 g/mol. The zero-order valence-electron chi connectivity index (χ0n) is 11.0. The van der Waals surface area contributed by atoms with E-state index < -0.39 is 0 Å². The van der Waals surface area contributed by atoms with Gasteiger partial charge >= 0.3 is 0 Å². The van der Waals surface area contributed by atoms with Crippen molar-refractivity contribution in [1.82, 2.24) is 10.2 Å². The summed E-state index contributed by atoms with van der Waals surface area (Å²) in [4.78, 5) is 26.3. The van der Waals surface area contributed by atoms with Gasteiger partial charge in [0.2, 0.25) is 11.8 Å². The van der Waals surface area contributed by atoms with E-state index in [-0.39, 0.29) is 29.7 Å². The molecule has 2 unspecified atom stereocenters. The second kappa shape index (κ2) is 4.65. The molecular formula is C14H22N2O2. The van der Waals surface area contributed by atoms with Crippen LogP contribution in [0.4, 0.5) is 0 Å². The zero-order chi connectivity index (χ0) is 12.7. The molecule has 3 rings (SSSR count). The lowest BCUT2D eigenvalue weighted by molar-refractivity contribution is -0.156. The standard InChI is InChI=1S/C14H22N2O2/c1-15-11-4-6-12(7-5-11)16-13(17)9-2-3-10(8-9)14(16)18/h9-12,15H,2-8H2,1H3. The third-order valence-corrected chi connectivity index (χ3v) is 5.08. The summed E-state index contributed by atoms with van der Waals surface area (Å²) >= 11 is 0. The van der Waals surface area contributed by atoms with Crippen LogP contribution in [0.25, 0.3) is 0 Å². The van der Waals surface area contributed by atoms with E-state index in [0.29, 0.717) is 6.04 Å². The Bertz CT molecular complexity index is 339. The Morgan fingerprint density at radius 2 is 1.50 bits per heavy atom. The average Bonchev–Trinajstić information content (AvgIpc) is 2.85. The number of likely N-dealkylation sites (tertiary alicyclic amines) is 1. The summed E-state index contributed by atoms with van der Waals surface area (Å²) in [5.41, 5.74) is 0. The van der Waals surface area contributed by atoms with Crippen molar-refractivity contribution in [1.29, 1.82) is 0 Å². The quantitative estimate of drug-likeness (QED) is 0.752. The highest BCUT2D eigenvalue weighted by Crippen LogP contribution is 2.40. The highest BCUT2D eigenvalue weighted by atomic mass is 16.2. The van der Waals surface area contributed by atoms with E-state index in [1.807, 2.05) is 7.05 Å². The SMILES string of the molecule is CNC1CCC(N2C(=O)C3CCC(C3)C2=O)CC1. The van der Waals surface area contributed by atoms with Gasteiger partial charge in [0, 0.05) is 23.9 Å². The molecule has 2 aliphatic carbocycles. The number of piperidine rings is 1. The minimum Gasteiger partial charge on any atom is -0.317 e. The highest BCUT2D eigenvalue weighted by Gasteiger charge is 2.47. The van der Waals surface area contributed by atoms with Gasteiger partial charge in [0.1, 0.15) is 0 Å². The molecule has 100 valence electrons. The highest BCUT2D eigenvalue weighted by molar-refractivity contribution is 6.01. The second-order valence-electron chi connectivity index (χ2n) is 6.05. The van der Waals surface area contributed by atoms with Gasteiger partial charge < -0.3 is 5.32 Å². The molecule has 4 heteroatoms. The van der Waals surface area contributed by atoms with Crippen molar-refractivity contribution < 1.29 is 9.59 Å². The van der Waals surface area contributed by atoms with E-state index in [4.69, 9.17) is 0 Å². The smallest absolute Gasteiger partial charge is 0.232 e. The fourth-order valence-corrected chi connectivity index (χ4v) is 3.91. The predicted octanol–water partition coefficient (Wildman–Crippen LogP) is 1.30. The molecule has 0 aromatic heterocycles. The average molecular weight is 250 g/mol. The van der Waals surface area contributed by atoms with Crippen LogP contribution in [-0.4, -0.2) is 35.8 Å². The van der Waals surface area contributed by atoms with Gasteiger partial charge in [0.25, 0.3) is 0 Å². The molecule has 18 heavy (non-hydrogen) atoms. The lowest BCUT2D eigenvalue weighted by Gasteiger charge is -2.39. The Kier molecular flexibility index (Phi) is 3.14. The van der Waals surface area contributed by atoms with Gasteiger partial charge in [-0.05, 0) is 52.0 Å². The Labute approximate surface area is 108 Å². The number of amides is 2. The number of hydrogen-bond donors (Lipinski definition) is 1. The molecule has 0 aromatic rings. The summed E-state index contributed by atoms with van der Waals surface area (Å²) in [5, 5.41) is 3.29. The van der Waals surface area contributed by atoms with Gasteiger partial charge in [-0.25, -0.2) is 0 Å². The molecule has 3 aliphatic rings. The normalized spacial score (nSPS) is 40.4. The molecule has 0 aromatic carbocycles. The number of fused-ring (bicyclic) bond motifs is 2. The number of imide groups is 1. The summed E-state index contributed by atoms with van der Waals surface area (Å²) in [6, 6.07) is 0.742. The summed E-state index contributed by atoms with van der Waals surface area (Å²) in [7, 11) is 1.99. The third-order valence-electron chi connectivity index (χ3n) is 5.08. The number of nitrogens with zero attached hydrogens (tertiary/aromatic N) is 1. The van der Waals surface area contributed by atoms with Crippen LogP contribution in [0.3, 0.4) is 0 Å². The number of carbonyl (C=O) groups is 2. The molecule has 3 fully saturated rings. The van der Waals surface area contributed by atoms with E-state index in [9.17, 15) is 9.59 Å². The molecule has 2 atom stereocenters. The van der Waals surface area contributed by atoms with Crippen molar-refractivity contribution in [3.05, 3.63) is 0 Å². The maximum atomic E-state index is 12.3. The number of hydrogen-bond acceptors (Lipinski definition) is 3. The van der Waals surface area contributed by atoms with Crippen LogP contribution in [-0.2, 0) is 9.59 Å². The van der Waals surface area contributed by atoms with E-state index in [0.717, 1.165) is 44.9 Å². The minimum absolute atomic E-state index is 0.127. The van der Waals surface area contributed by atoms with Gasteiger partial charge in [-0.15, -0.1) is 0 Å². The van der Waals surface area contributed by atoms with E-state index in [1.54, 1.807) is 4.90 Å². The topological polar surface area (TPSA) is 49.4 Å². The van der Waals surface area contributed by atoms with Crippen molar-refractivity contribution in [3.8, 4) is 0 Å². The summed E-state index contributed by atoms with van der Waals surface area (Å²) in [5.74, 6) is 0.549. The van der Waals surface area contributed by atoms with Crippen molar-refractivity contribution in [2.45, 2.75) is 57.0 Å². The van der Waals surface area contributed by atoms with Gasteiger partial charge in [-0.3, -0.25) is 14.5 Å². The van der Waals surface area contributed by atoms with E-state index in [2.05, 4.69) is 5.32 Å². The Morgan fingerprint density at radius 3 is 2.00 bits per heavy atom. The molecule has 0 radical (unpaired) electrons. The molecule has 1 aliphatic heterocycles. The van der Waals surface area contributed by atoms with Gasteiger partial charge in [-0.1, -0.05) is 0 Å². The number of rotatable bonds is 2. The fourth-order valence-electron chi connectivity index (χ4n) is 3.91. The van der Waals surface area contributed by atoms with E-state index in [1.165, 1.54) is 0 Å². The van der Waals surface area contributed by atoms with Crippen LogP contribution in [0.5, 0.6) is 0 Å². The second-order valence-corrected chi connectivity index (χ2v) is 6.05. The van der Waals surface area contributed by atoms with Crippen molar-refractivity contribution in [2.24, 2.45) is 11.8 Å². The fraction of sp³-hybridized carbons (Fsp3) is 0.857. The molecule has 2 amide bonds. The Balaban J connectivity index is 1.72. The van der Waals surface area contributed by atoms with Crippen LogP contribution in [0.2, 0.25) is 0 Å². The van der Waals surface area contributed by atoms with Crippen molar-refractivity contribution in [2.75, 3.05) is 7.05 Å². The maximum Gasteiger partial charge on any atom is 0.232 e. The summed E-state index contributed by atoms with van der Waals surface area (Å²) in [6.07, 6.45) is 6.78. The first kappa shape index (κ1) is 12.2. The summed E-state index contributed by atoms with van der Waals surface area (Å²) in [6.45, 7) is 0. The van der Waals surface area contributed by atoms with Gasteiger partial charge in [0.05, 0.1) is 0 Å². The lowest BCUT2D eigenvalue weighted by atomic mass is 9.87. The minimum atomic E-state index is 0.127. The molecular weight excluding hydrogens is 228 g/mol.